The number of amides is 1. The van der Waals surface area contributed by atoms with Crippen LogP contribution in [0.2, 0.25) is 0 Å². The molecular weight excluding hydrogens is 304 g/mol. The zero-order valence-electron chi connectivity index (χ0n) is 11.9. The summed E-state index contributed by atoms with van der Waals surface area (Å²) in [5.41, 5.74) is 1.55. The summed E-state index contributed by atoms with van der Waals surface area (Å²) in [6.45, 7) is 2.51. The first kappa shape index (κ1) is 15.7. The molecule has 0 bridgehead atoms. The minimum atomic E-state index is -0.0351. The van der Waals surface area contributed by atoms with E-state index in [0.29, 0.717) is 18.5 Å². The number of thiophene rings is 1. The number of aromatic nitrogens is 1. The molecule has 0 spiro atoms. The van der Waals surface area contributed by atoms with E-state index in [1.807, 2.05) is 17.7 Å². The lowest BCUT2D eigenvalue weighted by Gasteiger charge is -2.14. The molecule has 4 nitrogen and oxygen atoms in total. The Balaban J connectivity index is 2.01. The molecule has 0 aliphatic heterocycles. The third-order valence-corrected chi connectivity index (χ3v) is 4.38. The minimum absolute atomic E-state index is 0.0351. The monoisotopic (exact) mass is 320 g/mol. The van der Waals surface area contributed by atoms with Gasteiger partial charge in [-0.1, -0.05) is 11.8 Å². The second-order valence-corrected chi connectivity index (χ2v) is 6.47. The fraction of sp³-hybridized carbons (Fsp3) is 0.333. The van der Waals surface area contributed by atoms with Gasteiger partial charge in [0, 0.05) is 24.2 Å². The molecule has 0 unspecified atom stereocenters. The fourth-order valence-corrected chi connectivity index (χ4v) is 3.09. The van der Waals surface area contributed by atoms with E-state index in [2.05, 4.69) is 16.8 Å². The molecule has 0 saturated carbocycles. The molecule has 0 aliphatic carbocycles. The highest BCUT2D eigenvalue weighted by Gasteiger charge is 2.14. The maximum Gasteiger partial charge on any atom is 0.254 e. The summed E-state index contributed by atoms with van der Waals surface area (Å²) >= 11 is 3.02. The number of nitrogens with zero attached hydrogens (tertiary/aromatic N) is 2. The average Bonchev–Trinajstić information content (AvgIpc) is 3.08. The molecule has 0 aliphatic rings. The van der Waals surface area contributed by atoms with E-state index in [4.69, 9.17) is 5.11 Å². The SMILES string of the molecule is Cc1nc(CN(C)C(=O)c2csc(C#CCCO)c2)cs1. The van der Waals surface area contributed by atoms with Gasteiger partial charge in [-0.05, 0) is 13.0 Å². The van der Waals surface area contributed by atoms with Crippen molar-refractivity contribution < 1.29 is 9.90 Å². The lowest BCUT2D eigenvalue weighted by Crippen LogP contribution is -2.25. The van der Waals surface area contributed by atoms with Crippen molar-refractivity contribution in [2.24, 2.45) is 0 Å². The van der Waals surface area contributed by atoms with E-state index in [0.717, 1.165) is 15.6 Å². The lowest BCUT2D eigenvalue weighted by atomic mass is 10.2. The van der Waals surface area contributed by atoms with Crippen molar-refractivity contribution in [3.63, 3.8) is 0 Å². The lowest BCUT2D eigenvalue weighted by molar-refractivity contribution is 0.0784. The van der Waals surface area contributed by atoms with Crippen LogP contribution >= 0.6 is 22.7 Å². The van der Waals surface area contributed by atoms with Gasteiger partial charge in [0.05, 0.1) is 34.3 Å². The van der Waals surface area contributed by atoms with Crippen LogP contribution in [0.1, 0.15) is 32.4 Å². The van der Waals surface area contributed by atoms with E-state index in [1.165, 1.54) is 11.3 Å². The van der Waals surface area contributed by atoms with Crippen molar-refractivity contribution in [3.8, 4) is 11.8 Å². The molecule has 2 heterocycles. The van der Waals surface area contributed by atoms with Crippen molar-refractivity contribution in [2.75, 3.05) is 13.7 Å². The first-order valence-corrected chi connectivity index (χ1v) is 8.21. The summed E-state index contributed by atoms with van der Waals surface area (Å²) in [7, 11) is 1.77. The maximum atomic E-state index is 12.3. The first-order valence-electron chi connectivity index (χ1n) is 6.45. The standard InChI is InChI=1S/C15H16N2O2S2/c1-11-16-13(10-20-11)8-17(2)15(19)12-7-14(21-9-12)5-3-4-6-18/h7,9-10,18H,4,6,8H2,1-2H3. The molecular formula is C15H16N2O2S2. The Morgan fingerprint density at radius 1 is 1.43 bits per heavy atom. The Hall–Kier alpha value is -1.68. The van der Waals surface area contributed by atoms with Crippen LogP contribution in [0.25, 0.3) is 0 Å². The Labute approximate surface area is 132 Å². The second-order valence-electron chi connectivity index (χ2n) is 4.49. The number of aryl methyl sites for hydroxylation is 1. The molecule has 0 aromatic carbocycles. The molecule has 1 N–H and O–H groups in total. The van der Waals surface area contributed by atoms with Crippen molar-refractivity contribution in [1.29, 1.82) is 0 Å². The van der Waals surface area contributed by atoms with Crippen LogP contribution in [0.15, 0.2) is 16.8 Å². The highest BCUT2D eigenvalue weighted by Crippen LogP contribution is 2.17. The normalized spacial score (nSPS) is 10.0. The van der Waals surface area contributed by atoms with Gasteiger partial charge in [0.15, 0.2) is 0 Å². The number of aliphatic hydroxyl groups excluding tert-OH is 1. The number of carbonyl (C=O) groups excluding carboxylic acids is 1. The highest BCUT2D eigenvalue weighted by molar-refractivity contribution is 7.10. The van der Waals surface area contributed by atoms with E-state index in [9.17, 15) is 4.79 Å². The summed E-state index contributed by atoms with van der Waals surface area (Å²) in [4.78, 5) is 19.2. The van der Waals surface area contributed by atoms with Crippen LogP contribution in [-0.2, 0) is 6.54 Å². The van der Waals surface area contributed by atoms with Crippen LogP contribution < -0.4 is 0 Å². The third-order valence-electron chi connectivity index (χ3n) is 2.71. The van der Waals surface area contributed by atoms with Gasteiger partial charge in [-0.2, -0.15) is 0 Å². The maximum absolute atomic E-state index is 12.3. The van der Waals surface area contributed by atoms with Gasteiger partial charge in [-0.3, -0.25) is 4.79 Å². The van der Waals surface area contributed by atoms with Crippen molar-refractivity contribution in [3.05, 3.63) is 38.0 Å². The first-order chi connectivity index (χ1) is 10.1. The summed E-state index contributed by atoms with van der Waals surface area (Å²) in [5, 5.41) is 13.5. The summed E-state index contributed by atoms with van der Waals surface area (Å²) in [6.07, 6.45) is 0.449. The number of aliphatic hydroxyl groups is 1. The number of hydrogen-bond donors (Lipinski definition) is 1. The van der Waals surface area contributed by atoms with Gasteiger partial charge in [-0.15, -0.1) is 22.7 Å². The van der Waals surface area contributed by atoms with E-state index >= 15 is 0 Å². The van der Waals surface area contributed by atoms with Crippen molar-refractivity contribution in [1.82, 2.24) is 9.88 Å². The van der Waals surface area contributed by atoms with Gasteiger partial charge < -0.3 is 10.0 Å². The largest absolute Gasteiger partial charge is 0.395 e. The zero-order valence-corrected chi connectivity index (χ0v) is 13.6. The quantitative estimate of drug-likeness (QED) is 0.881. The van der Waals surface area contributed by atoms with Crippen LogP contribution in [0, 0.1) is 18.8 Å². The molecule has 1 amide bonds. The Kier molecular flexibility index (Phi) is 5.51. The van der Waals surface area contributed by atoms with Crippen LogP contribution in [0.3, 0.4) is 0 Å². The molecule has 2 aromatic rings. The van der Waals surface area contributed by atoms with Gasteiger partial charge >= 0.3 is 0 Å². The van der Waals surface area contributed by atoms with Crippen LogP contribution in [0.4, 0.5) is 0 Å². The highest BCUT2D eigenvalue weighted by atomic mass is 32.1. The number of carbonyl (C=O) groups is 1. The molecule has 0 fully saturated rings. The van der Waals surface area contributed by atoms with Crippen LogP contribution in [-0.4, -0.2) is 34.6 Å². The van der Waals surface area contributed by atoms with Gasteiger partial charge in [0.25, 0.3) is 5.91 Å². The fourth-order valence-electron chi connectivity index (χ4n) is 1.74. The number of rotatable bonds is 4. The van der Waals surface area contributed by atoms with Crippen LogP contribution in [0.5, 0.6) is 0 Å². The second kappa shape index (κ2) is 7.36. The van der Waals surface area contributed by atoms with E-state index in [-0.39, 0.29) is 12.5 Å². The molecule has 2 rings (SSSR count). The molecule has 0 radical (unpaired) electrons. The molecule has 2 aromatic heterocycles. The predicted octanol–water partition coefficient (Wildman–Crippen LogP) is 2.52. The van der Waals surface area contributed by atoms with Crippen molar-refractivity contribution >= 4 is 28.6 Å². The smallest absolute Gasteiger partial charge is 0.254 e. The molecule has 0 atom stereocenters. The third kappa shape index (κ3) is 4.39. The predicted molar refractivity (Wildman–Crippen MR) is 85.5 cm³/mol. The van der Waals surface area contributed by atoms with Gasteiger partial charge in [0.1, 0.15) is 0 Å². The van der Waals surface area contributed by atoms with E-state index in [1.54, 1.807) is 29.4 Å². The average molecular weight is 320 g/mol. The molecule has 6 heteroatoms. The Bertz CT molecular complexity index is 679. The molecule has 110 valence electrons. The number of hydrogen-bond acceptors (Lipinski definition) is 5. The Morgan fingerprint density at radius 2 is 2.24 bits per heavy atom. The van der Waals surface area contributed by atoms with Gasteiger partial charge in [-0.25, -0.2) is 4.98 Å². The topological polar surface area (TPSA) is 53.4 Å². The zero-order chi connectivity index (χ0) is 15.2. The number of thiazole rings is 1. The molecule has 21 heavy (non-hydrogen) atoms. The summed E-state index contributed by atoms with van der Waals surface area (Å²) in [5.74, 6) is 5.76. The molecule has 0 saturated heterocycles. The van der Waals surface area contributed by atoms with Gasteiger partial charge in [0.2, 0.25) is 0 Å². The Morgan fingerprint density at radius 3 is 2.90 bits per heavy atom. The minimum Gasteiger partial charge on any atom is -0.395 e. The van der Waals surface area contributed by atoms with E-state index < -0.39 is 0 Å². The van der Waals surface area contributed by atoms with Crippen molar-refractivity contribution in [2.45, 2.75) is 19.9 Å². The summed E-state index contributed by atoms with van der Waals surface area (Å²) in [6, 6.07) is 1.79. The summed E-state index contributed by atoms with van der Waals surface area (Å²) < 4.78 is 0.